The van der Waals surface area contributed by atoms with Gasteiger partial charge in [-0.15, -0.1) is 0 Å². The average Bonchev–Trinajstić information content (AvgIpc) is 3.24. The predicted octanol–water partition coefficient (Wildman–Crippen LogP) is 5.30. The fourth-order valence-corrected chi connectivity index (χ4v) is 5.09. The van der Waals surface area contributed by atoms with Gasteiger partial charge in [0, 0.05) is 30.8 Å². The van der Waals surface area contributed by atoms with Gasteiger partial charge in [-0.1, -0.05) is 23.7 Å². The van der Waals surface area contributed by atoms with Gasteiger partial charge in [0.05, 0.1) is 42.1 Å². The lowest BCUT2D eigenvalue weighted by atomic mass is 10.0. The van der Waals surface area contributed by atoms with Crippen LogP contribution in [0.25, 0.3) is 11.0 Å². The second kappa shape index (κ2) is 10.7. The molecule has 12 heteroatoms. The number of hydrogen-bond acceptors (Lipinski definition) is 7. The molecule has 40 heavy (non-hydrogen) atoms. The molecule has 1 saturated heterocycles. The minimum Gasteiger partial charge on any atom is -0.472 e. The van der Waals surface area contributed by atoms with Crippen LogP contribution >= 0.6 is 11.6 Å². The minimum absolute atomic E-state index is 0.0677. The van der Waals surface area contributed by atoms with E-state index < -0.39 is 17.6 Å². The highest BCUT2D eigenvalue weighted by Crippen LogP contribution is 2.38. The SMILES string of the molecule is N#Cc1cc2nc(CN3CCc4cc(C(F)(F)F)c(OCc5ccc(Cl)cc5)nc4C3)n(C[C@@H]3CCO3)c2cn1. The molecule has 1 aromatic carbocycles. The molecule has 2 aliphatic heterocycles. The maximum Gasteiger partial charge on any atom is 0.421 e. The second-order valence-corrected chi connectivity index (χ2v) is 10.3. The number of aromatic nitrogens is 4. The zero-order chi connectivity index (χ0) is 27.9. The minimum atomic E-state index is -4.60. The highest BCUT2D eigenvalue weighted by Gasteiger charge is 2.37. The molecule has 0 spiro atoms. The van der Waals surface area contributed by atoms with Crippen LogP contribution in [0.3, 0.4) is 0 Å². The number of rotatable bonds is 7. The Bertz CT molecular complexity index is 1600. The highest BCUT2D eigenvalue weighted by molar-refractivity contribution is 6.30. The van der Waals surface area contributed by atoms with E-state index in [-0.39, 0.29) is 18.4 Å². The van der Waals surface area contributed by atoms with Gasteiger partial charge in [-0.25, -0.2) is 15.0 Å². The third kappa shape index (κ3) is 5.47. The molecule has 6 rings (SSSR count). The first-order chi connectivity index (χ1) is 19.3. The molecule has 8 nitrogen and oxygen atoms in total. The molecule has 0 N–H and O–H groups in total. The summed E-state index contributed by atoms with van der Waals surface area (Å²) in [6.45, 7) is 2.60. The number of ether oxygens (including phenoxy) is 2. The fourth-order valence-electron chi connectivity index (χ4n) is 4.97. The van der Waals surface area contributed by atoms with Crippen molar-refractivity contribution in [3.05, 3.63) is 81.5 Å². The summed E-state index contributed by atoms with van der Waals surface area (Å²) in [6.07, 6.45) is -1.51. The molecule has 1 fully saturated rings. The van der Waals surface area contributed by atoms with Crippen LogP contribution in [0.5, 0.6) is 5.88 Å². The number of nitriles is 1. The maximum absolute atomic E-state index is 13.9. The Morgan fingerprint density at radius 2 is 1.98 bits per heavy atom. The summed E-state index contributed by atoms with van der Waals surface area (Å²) in [5, 5.41) is 9.79. The van der Waals surface area contributed by atoms with E-state index in [0.717, 1.165) is 30.4 Å². The molecule has 2 aliphatic rings. The largest absolute Gasteiger partial charge is 0.472 e. The normalized spacial score (nSPS) is 17.3. The first kappa shape index (κ1) is 26.5. The van der Waals surface area contributed by atoms with Crippen molar-refractivity contribution in [3.8, 4) is 11.9 Å². The van der Waals surface area contributed by atoms with Crippen LogP contribution in [0.1, 0.15) is 40.3 Å². The lowest BCUT2D eigenvalue weighted by Crippen LogP contribution is -2.34. The molecule has 3 aromatic heterocycles. The van der Waals surface area contributed by atoms with E-state index in [2.05, 4.69) is 19.4 Å². The molecular formula is C28H24ClF3N6O2. The van der Waals surface area contributed by atoms with E-state index in [1.165, 1.54) is 0 Å². The van der Waals surface area contributed by atoms with Crippen molar-refractivity contribution in [2.75, 3.05) is 13.2 Å². The van der Waals surface area contributed by atoms with Gasteiger partial charge in [0.25, 0.3) is 0 Å². The van der Waals surface area contributed by atoms with Gasteiger partial charge >= 0.3 is 6.18 Å². The Hall–Kier alpha value is -3.72. The van der Waals surface area contributed by atoms with Gasteiger partial charge in [-0.05, 0) is 42.2 Å². The van der Waals surface area contributed by atoms with Gasteiger partial charge < -0.3 is 14.0 Å². The summed E-state index contributed by atoms with van der Waals surface area (Å²) in [4.78, 5) is 15.5. The molecule has 1 atom stereocenters. The van der Waals surface area contributed by atoms with Crippen molar-refractivity contribution in [1.29, 1.82) is 5.26 Å². The number of pyridine rings is 2. The number of benzene rings is 1. The number of nitrogens with zero attached hydrogens (tertiary/aromatic N) is 6. The zero-order valence-electron chi connectivity index (χ0n) is 21.3. The molecule has 206 valence electrons. The van der Waals surface area contributed by atoms with Crippen LogP contribution in [0.2, 0.25) is 5.02 Å². The molecule has 0 unspecified atom stereocenters. The van der Waals surface area contributed by atoms with Crippen molar-refractivity contribution in [2.24, 2.45) is 0 Å². The van der Waals surface area contributed by atoms with Crippen molar-refractivity contribution < 1.29 is 22.6 Å². The predicted molar refractivity (Wildman–Crippen MR) is 139 cm³/mol. The summed E-state index contributed by atoms with van der Waals surface area (Å²) in [7, 11) is 0. The van der Waals surface area contributed by atoms with E-state index in [9.17, 15) is 18.4 Å². The standard InChI is InChI=1S/C28H24ClF3N6O2/c29-19-3-1-17(2-4-19)16-40-27-22(28(30,31)32)9-18-5-7-37(14-24(18)36-27)15-26-35-23-10-20(11-33)34-12-25(23)38(26)13-21-6-8-39-21/h1-4,9-10,12,21H,5-8,13-16H2/t21-/m0/s1. The first-order valence-electron chi connectivity index (χ1n) is 12.8. The first-order valence-corrected chi connectivity index (χ1v) is 13.2. The lowest BCUT2D eigenvalue weighted by Gasteiger charge is -2.30. The lowest BCUT2D eigenvalue weighted by molar-refractivity contribution is -0.139. The fraction of sp³-hybridized carbons (Fsp3) is 0.357. The number of imidazole rings is 1. The molecule has 0 amide bonds. The summed E-state index contributed by atoms with van der Waals surface area (Å²) < 4.78 is 55.0. The number of hydrogen-bond donors (Lipinski definition) is 0. The molecule has 4 aromatic rings. The van der Waals surface area contributed by atoms with Crippen LogP contribution in [-0.2, 0) is 43.6 Å². The third-order valence-corrected chi connectivity index (χ3v) is 7.45. The van der Waals surface area contributed by atoms with E-state index in [1.807, 2.05) is 6.07 Å². The summed E-state index contributed by atoms with van der Waals surface area (Å²) in [6, 6.07) is 11.6. The topological polar surface area (TPSA) is 89.1 Å². The van der Waals surface area contributed by atoms with Crippen molar-refractivity contribution >= 4 is 22.6 Å². The number of fused-ring (bicyclic) bond motifs is 2. The number of halogens is 4. The Balaban J connectivity index is 1.26. The van der Waals surface area contributed by atoms with Crippen LogP contribution in [-0.4, -0.2) is 43.7 Å². The van der Waals surface area contributed by atoms with Crippen LogP contribution in [0, 0.1) is 11.3 Å². The van der Waals surface area contributed by atoms with Gasteiger partial charge in [-0.3, -0.25) is 4.90 Å². The summed E-state index contributed by atoms with van der Waals surface area (Å²) >= 11 is 5.91. The second-order valence-electron chi connectivity index (χ2n) is 9.91. The van der Waals surface area contributed by atoms with E-state index in [4.69, 9.17) is 26.1 Å². The zero-order valence-corrected chi connectivity index (χ0v) is 22.0. The Morgan fingerprint density at radius 3 is 2.67 bits per heavy atom. The Labute approximate surface area is 232 Å². The number of alkyl halides is 3. The molecule has 0 radical (unpaired) electrons. The van der Waals surface area contributed by atoms with Gasteiger partial charge in [0.15, 0.2) is 0 Å². The van der Waals surface area contributed by atoms with Gasteiger partial charge in [0.1, 0.15) is 29.8 Å². The van der Waals surface area contributed by atoms with Crippen LogP contribution in [0.4, 0.5) is 13.2 Å². The molecule has 0 aliphatic carbocycles. The molecular weight excluding hydrogens is 545 g/mol. The Kier molecular flexibility index (Phi) is 7.08. The maximum atomic E-state index is 13.9. The van der Waals surface area contributed by atoms with Crippen molar-refractivity contribution in [1.82, 2.24) is 24.4 Å². The van der Waals surface area contributed by atoms with E-state index in [1.54, 1.807) is 36.5 Å². The van der Waals surface area contributed by atoms with E-state index >= 15 is 0 Å². The van der Waals surface area contributed by atoms with E-state index in [0.29, 0.717) is 60.0 Å². The van der Waals surface area contributed by atoms with Crippen LogP contribution < -0.4 is 4.74 Å². The van der Waals surface area contributed by atoms with Gasteiger partial charge in [0.2, 0.25) is 5.88 Å². The van der Waals surface area contributed by atoms with Crippen molar-refractivity contribution in [2.45, 2.75) is 51.4 Å². The quantitative estimate of drug-likeness (QED) is 0.299. The Morgan fingerprint density at radius 1 is 1.18 bits per heavy atom. The summed E-state index contributed by atoms with van der Waals surface area (Å²) in [5.41, 5.74) is 2.67. The highest BCUT2D eigenvalue weighted by atomic mass is 35.5. The van der Waals surface area contributed by atoms with Gasteiger partial charge in [-0.2, -0.15) is 18.4 Å². The molecule has 0 saturated carbocycles. The summed E-state index contributed by atoms with van der Waals surface area (Å²) in [5.74, 6) is 0.337. The smallest absolute Gasteiger partial charge is 0.421 e. The van der Waals surface area contributed by atoms with Crippen LogP contribution in [0.15, 0.2) is 42.6 Å². The molecule has 5 heterocycles. The average molecular weight is 569 g/mol. The molecule has 0 bridgehead atoms. The monoisotopic (exact) mass is 568 g/mol. The van der Waals surface area contributed by atoms with Crippen molar-refractivity contribution in [3.63, 3.8) is 0 Å². The third-order valence-electron chi connectivity index (χ3n) is 7.19.